The van der Waals surface area contributed by atoms with E-state index in [4.69, 9.17) is 15.7 Å². The highest BCUT2D eigenvalue weighted by Crippen LogP contribution is 2.14. The molecule has 15 heavy (non-hydrogen) atoms. The molecule has 4 nitrogen and oxygen atoms in total. The average molecular weight is 204 g/mol. The molecule has 0 amide bonds. The van der Waals surface area contributed by atoms with Crippen molar-refractivity contribution < 1.29 is 9.53 Å². The van der Waals surface area contributed by atoms with Gasteiger partial charge in [-0.05, 0) is 31.5 Å². The van der Waals surface area contributed by atoms with Crippen LogP contribution in [0.5, 0.6) is 0 Å². The van der Waals surface area contributed by atoms with Crippen LogP contribution >= 0.6 is 0 Å². The van der Waals surface area contributed by atoms with Crippen LogP contribution in [0.1, 0.15) is 22.8 Å². The molecule has 0 spiro atoms. The van der Waals surface area contributed by atoms with Gasteiger partial charge in [0, 0.05) is 5.69 Å². The second kappa shape index (κ2) is 4.47. The third kappa shape index (κ3) is 2.71. The Hall–Kier alpha value is -2.02. The summed E-state index contributed by atoms with van der Waals surface area (Å²) in [6.45, 7) is 3.30. The molecule has 1 rings (SSSR count). The van der Waals surface area contributed by atoms with E-state index < -0.39 is 12.1 Å². The molecule has 0 saturated heterocycles. The standard InChI is InChI=1S/C11H12N2O2/c1-7-3-4-9(13)5-10(7)11(14)15-8(2)6-12/h3-5,8H,13H2,1-2H3. The number of hydrogen-bond donors (Lipinski definition) is 1. The number of nitriles is 1. The monoisotopic (exact) mass is 204 g/mol. The number of nitrogens with two attached hydrogens (primary N) is 1. The minimum Gasteiger partial charge on any atom is -0.444 e. The fraction of sp³-hybridized carbons (Fsp3) is 0.273. The third-order valence-electron chi connectivity index (χ3n) is 1.95. The molecule has 0 fully saturated rings. The van der Waals surface area contributed by atoms with Gasteiger partial charge in [0.2, 0.25) is 0 Å². The zero-order valence-corrected chi connectivity index (χ0v) is 8.65. The first-order chi connectivity index (χ1) is 7.04. The number of nitrogens with zero attached hydrogens (tertiary/aromatic N) is 1. The Morgan fingerprint density at radius 1 is 1.60 bits per heavy atom. The van der Waals surface area contributed by atoms with E-state index in [2.05, 4.69) is 0 Å². The van der Waals surface area contributed by atoms with Gasteiger partial charge in [-0.1, -0.05) is 6.07 Å². The van der Waals surface area contributed by atoms with E-state index in [1.54, 1.807) is 25.1 Å². The van der Waals surface area contributed by atoms with Crippen molar-refractivity contribution in [3.05, 3.63) is 29.3 Å². The number of rotatable bonds is 2. The van der Waals surface area contributed by atoms with Crippen molar-refractivity contribution in [2.75, 3.05) is 5.73 Å². The number of carbonyl (C=O) groups excluding carboxylic acids is 1. The molecular weight excluding hydrogens is 192 g/mol. The van der Waals surface area contributed by atoms with Gasteiger partial charge in [0.05, 0.1) is 5.56 Å². The van der Waals surface area contributed by atoms with Crippen LogP contribution in [0.2, 0.25) is 0 Å². The molecule has 0 saturated carbocycles. The van der Waals surface area contributed by atoms with Crippen LogP contribution in [-0.4, -0.2) is 12.1 Å². The summed E-state index contributed by atoms with van der Waals surface area (Å²) in [7, 11) is 0. The maximum absolute atomic E-state index is 11.6. The molecule has 1 aromatic carbocycles. The number of benzene rings is 1. The molecule has 0 radical (unpaired) electrons. The van der Waals surface area contributed by atoms with Gasteiger partial charge < -0.3 is 10.5 Å². The number of esters is 1. The molecule has 4 heteroatoms. The Kier molecular flexibility index (Phi) is 3.29. The predicted octanol–water partition coefficient (Wildman–Crippen LogP) is 1.65. The Morgan fingerprint density at radius 2 is 2.27 bits per heavy atom. The first-order valence-corrected chi connectivity index (χ1v) is 4.51. The Bertz CT molecular complexity index is 421. The zero-order valence-electron chi connectivity index (χ0n) is 8.65. The SMILES string of the molecule is Cc1ccc(N)cc1C(=O)OC(C)C#N. The Balaban J connectivity index is 2.92. The maximum atomic E-state index is 11.6. The molecule has 0 heterocycles. The van der Waals surface area contributed by atoms with Crippen molar-refractivity contribution in [1.29, 1.82) is 5.26 Å². The second-order valence-electron chi connectivity index (χ2n) is 3.25. The molecule has 0 aliphatic heterocycles. The number of ether oxygens (including phenoxy) is 1. The largest absolute Gasteiger partial charge is 0.444 e. The topological polar surface area (TPSA) is 76.1 Å². The molecule has 0 aliphatic rings. The molecule has 0 aliphatic carbocycles. The predicted molar refractivity (Wildman–Crippen MR) is 56.1 cm³/mol. The third-order valence-corrected chi connectivity index (χ3v) is 1.95. The van der Waals surface area contributed by atoms with Gasteiger partial charge in [0.1, 0.15) is 6.07 Å². The molecule has 1 unspecified atom stereocenters. The van der Waals surface area contributed by atoms with E-state index in [1.165, 1.54) is 6.92 Å². The second-order valence-corrected chi connectivity index (χ2v) is 3.25. The van der Waals surface area contributed by atoms with Crippen LogP contribution in [0.4, 0.5) is 5.69 Å². The van der Waals surface area contributed by atoms with Crippen molar-refractivity contribution in [2.24, 2.45) is 0 Å². The fourth-order valence-corrected chi connectivity index (χ4v) is 1.11. The normalized spacial score (nSPS) is 11.5. The highest BCUT2D eigenvalue weighted by Gasteiger charge is 2.13. The van der Waals surface area contributed by atoms with E-state index in [0.29, 0.717) is 11.3 Å². The number of hydrogen-bond acceptors (Lipinski definition) is 4. The summed E-state index contributed by atoms with van der Waals surface area (Å²) >= 11 is 0. The van der Waals surface area contributed by atoms with Crippen LogP contribution < -0.4 is 5.73 Å². The van der Waals surface area contributed by atoms with Crippen molar-refractivity contribution in [3.63, 3.8) is 0 Å². The van der Waals surface area contributed by atoms with Gasteiger partial charge >= 0.3 is 5.97 Å². The summed E-state index contributed by atoms with van der Waals surface area (Å²) in [6, 6.07) is 6.82. The molecule has 1 atom stereocenters. The minimum atomic E-state index is -0.752. The maximum Gasteiger partial charge on any atom is 0.339 e. The van der Waals surface area contributed by atoms with E-state index >= 15 is 0 Å². The molecule has 0 bridgehead atoms. The highest BCUT2D eigenvalue weighted by atomic mass is 16.5. The zero-order chi connectivity index (χ0) is 11.4. The summed E-state index contributed by atoms with van der Waals surface area (Å²) in [4.78, 5) is 11.6. The lowest BCUT2D eigenvalue weighted by Gasteiger charge is -2.08. The minimum absolute atomic E-state index is 0.400. The molecule has 1 aromatic rings. The molecular formula is C11H12N2O2. The Morgan fingerprint density at radius 3 is 2.87 bits per heavy atom. The van der Waals surface area contributed by atoms with Crippen molar-refractivity contribution >= 4 is 11.7 Å². The van der Waals surface area contributed by atoms with Gasteiger partial charge in [0.25, 0.3) is 0 Å². The smallest absolute Gasteiger partial charge is 0.339 e. The summed E-state index contributed by atoms with van der Waals surface area (Å²) < 4.78 is 4.87. The van der Waals surface area contributed by atoms with Crippen molar-refractivity contribution in [3.8, 4) is 6.07 Å². The lowest BCUT2D eigenvalue weighted by atomic mass is 10.1. The lowest BCUT2D eigenvalue weighted by Crippen LogP contribution is -2.14. The van der Waals surface area contributed by atoms with Crippen molar-refractivity contribution in [2.45, 2.75) is 20.0 Å². The lowest BCUT2D eigenvalue weighted by molar-refractivity contribution is 0.0434. The van der Waals surface area contributed by atoms with E-state index in [9.17, 15) is 4.79 Å². The van der Waals surface area contributed by atoms with Crippen LogP contribution in [0.25, 0.3) is 0 Å². The van der Waals surface area contributed by atoms with E-state index in [0.717, 1.165) is 5.56 Å². The number of aryl methyl sites for hydroxylation is 1. The number of nitrogen functional groups attached to an aromatic ring is 1. The molecule has 2 N–H and O–H groups in total. The van der Waals surface area contributed by atoms with E-state index in [1.807, 2.05) is 6.07 Å². The van der Waals surface area contributed by atoms with Crippen LogP contribution in [0, 0.1) is 18.3 Å². The van der Waals surface area contributed by atoms with E-state index in [-0.39, 0.29) is 0 Å². The molecule has 78 valence electrons. The fourth-order valence-electron chi connectivity index (χ4n) is 1.11. The quantitative estimate of drug-likeness (QED) is 0.587. The highest BCUT2D eigenvalue weighted by molar-refractivity contribution is 5.92. The van der Waals surface area contributed by atoms with Crippen LogP contribution in [0.3, 0.4) is 0 Å². The summed E-state index contributed by atoms with van der Waals surface area (Å²) in [5.74, 6) is -0.520. The first-order valence-electron chi connectivity index (χ1n) is 4.51. The van der Waals surface area contributed by atoms with Gasteiger partial charge in [-0.25, -0.2) is 4.79 Å². The van der Waals surface area contributed by atoms with Crippen LogP contribution in [0.15, 0.2) is 18.2 Å². The average Bonchev–Trinajstić information content (AvgIpc) is 2.21. The van der Waals surface area contributed by atoms with Gasteiger partial charge in [-0.2, -0.15) is 5.26 Å². The number of anilines is 1. The van der Waals surface area contributed by atoms with Crippen molar-refractivity contribution in [1.82, 2.24) is 0 Å². The van der Waals surface area contributed by atoms with Crippen LogP contribution in [-0.2, 0) is 4.74 Å². The summed E-state index contributed by atoms with van der Waals surface area (Å²) in [6.07, 6.45) is -0.752. The van der Waals surface area contributed by atoms with Gasteiger partial charge in [0.15, 0.2) is 6.10 Å². The summed E-state index contributed by atoms with van der Waals surface area (Å²) in [5.41, 5.74) is 7.23. The summed E-state index contributed by atoms with van der Waals surface area (Å²) in [5, 5.41) is 8.50. The molecule has 0 aromatic heterocycles. The van der Waals surface area contributed by atoms with Gasteiger partial charge in [-0.3, -0.25) is 0 Å². The Labute approximate surface area is 88.3 Å². The van der Waals surface area contributed by atoms with Gasteiger partial charge in [-0.15, -0.1) is 0 Å². The number of carbonyl (C=O) groups is 1. The first kappa shape index (κ1) is 11.1.